The van der Waals surface area contributed by atoms with Gasteiger partial charge in [-0.15, -0.1) is 0 Å². The van der Waals surface area contributed by atoms with Crippen LogP contribution in [-0.4, -0.2) is 26.2 Å². The summed E-state index contributed by atoms with van der Waals surface area (Å²) in [4.78, 5) is 22.0. The molecular formula is C9H17LiO4. The molecule has 78 valence electrons. The molecule has 0 atom stereocenters. The van der Waals surface area contributed by atoms with Gasteiger partial charge in [0.05, 0.1) is 19.6 Å². The van der Waals surface area contributed by atoms with E-state index in [-0.39, 0.29) is 38.6 Å². The van der Waals surface area contributed by atoms with Crippen molar-refractivity contribution in [2.45, 2.75) is 26.7 Å². The van der Waals surface area contributed by atoms with Crippen LogP contribution < -0.4 is 18.9 Å². The molecule has 0 radical (unpaired) electrons. The minimum absolute atomic E-state index is 0. The maximum absolute atomic E-state index is 11.2. The molecule has 0 aliphatic carbocycles. The zero-order valence-electron chi connectivity index (χ0n) is 10.5. The minimum atomic E-state index is -0.622. The summed E-state index contributed by atoms with van der Waals surface area (Å²) in [5, 5.41) is 0. The van der Waals surface area contributed by atoms with Crippen LogP contribution in [0.4, 0.5) is 0 Å². The molecule has 0 spiro atoms. The molecule has 0 fully saturated rings. The third kappa shape index (κ3) is 5.31. The van der Waals surface area contributed by atoms with Crippen LogP contribution in [0, 0.1) is 5.41 Å². The molecule has 0 aromatic rings. The Morgan fingerprint density at radius 2 is 1.71 bits per heavy atom. The molecule has 0 aromatic carbocycles. The molecule has 0 aromatic heterocycles. The van der Waals surface area contributed by atoms with Crippen LogP contribution >= 0.6 is 0 Å². The van der Waals surface area contributed by atoms with Crippen molar-refractivity contribution in [3.05, 3.63) is 0 Å². The van der Waals surface area contributed by atoms with E-state index in [0.717, 1.165) is 0 Å². The van der Waals surface area contributed by atoms with Gasteiger partial charge < -0.3 is 10.9 Å². The van der Waals surface area contributed by atoms with Gasteiger partial charge in [-0.3, -0.25) is 9.59 Å². The maximum Gasteiger partial charge on any atom is 1.00 e. The second kappa shape index (κ2) is 6.91. The van der Waals surface area contributed by atoms with Crippen LogP contribution in [0.1, 0.15) is 28.1 Å². The van der Waals surface area contributed by atoms with E-state index in [2.05, 4.69) is 9.47 Å². The number of ether oxygens (including phenoxy) is 2. The van der Waals surface area contributed by atoms with Crippen molar-refractivity contribution < 1.29 is 39.4 Å². The van der Waals surface area contributed by atoms with Crippen LogP contribution in [0.3, 0.4) is 0 Å². The number of methoxy groups -OCH3 is 2. The molecule has 0 amide bonds. The van der Waals surface area contributed by atoms with E-state index >= 15 is 0 Å². The molecule has 14 heavy (non-hydrogen) atoms. The van der Waals surface area contributed by atoms with Crippen molar-refractivity contribution in [1.29, 1.82) is 0 Å². The van der Waals surface area contributed by atoms with Gasteiger partial charge in [-0.1, -0.05) is 0 Å². The zero-order chi connectivity index (χ0) is 10.5. The summed E-state index contributed by atoms with van der Waals surface area (Å²) in [6, 6.07) is 0. The van der Waals surface area contributed by atoms with Gasteiger partial charge in [0, 0.05) is 6.42 Å². The van der Waals surface area contributed by atoms with E-state index in [1.807, 2.05) is 0 Å². The van der Waals surface area contributed by atoms with Crippen LogP contribution in [-0.2, 0) is 19.1 Å². The molecule has 0 rings (SSSR count). The fourth-order valence-corrected chi connectivity index (χ4v) is 0.895. The fourth-order valence-electron chi connectivity index (χ4n) is 0.895. The number of carbonyl (C=O) groups excluding carboxylic acids is 2. The van der Waals surface area contributed by atoms with Crippen molar-refractivity contribution in [2.24, 2.45) is 5.41 Å². The molecule has 0 saturated carbocycles. The topological polar surface area (TPSA) is 52.6 Å². The number of rotatable bonds is 4. The molecule has 0 aliphatic heterocycles. The van der Waals surface area contributed by atoms with Crippen LogP contribution in [0.15, 0.2) is 0 Å². The third-order valence-electron chi connectivity index (χ3n) is 1.92. The van der Waals surface area contributed by atoms with Crippen molar-refractivity contribution in [2.75, 3.05) is 14.2 Å². The van der Waals surface area contributed by atoms with E-state index in [1.165, 1.54) is 14.2 Å². The molecule has 0 bridgehead atoms. The van der Waals surface area contributed by atoms with Crippen molar-refractivity contribution in [3.8, 4) is 0 Å². The van der Waals surface area contributed by atoms with Crippen LogP contribution in [0.2, 0.25) is 0 Å². The van der Waals surface area contributed by atoms with Crippen LogP contribution in [0.25, 0.3) is 0 Å². The summed E-state index contributed by atoms with van der Waals surface area (Å²) in [6.07, 6.45) is 0.672. The first kappa shape index (κ1) is 16.0. The SMILES string of the molecule is COC(=O)CCC(C)(C)C(=O)OC.[H-].[Li+]. The van der Waals surface area contributed by atoms with Crippen molar-refractivity contribution in [1.82, 2.24) is 0 Å². The third-order valence-corrected chi connectivity index (χ3v) is 1.92. The Morgan fingerprint density at radius 1 is 1.21 bits per heavy atom. The Balaban J connectivity index is -0.000000720. The second-order valence-electron chi connectivity index (χ2n) is 3.45. The molecule has 0 aliphatic rings. The average Bonchev–Trinajstić information content (AvgIpc) is 2.12. The zero-order valence-corrected chi connectivity index (χ0v) is 9.55. The van der Waals surface area contributed by atoms with E-state index in [4.69, 9.17) is 0 Å². The summed E-state index contributed by atoms with van der Waals surface area (Å²) in [5.74, 6) is -0.617. The predicted octanol–water partition coefficient (Wildman–Crippen LogP) is -1.74. The van der Waals surface area contributed by atoms with Gasteiger partial charge in [-0.25, -0.2) is 0 Å². The van der Waals surface area contributed by atoms with Gasteiger partial charge in [-0.05, 0) is 20.3 Å². The summed E-state index contributed by atoms with van der Waals surface area (Å²) in [6.45, 7) is 3.48. The number of hydrogen-bond acceptors (Lipinski definition) is 4. The van der Waals surface area contributed by atoms with Gasteiger partial charge >= 0.3 is 30.8 Å². The maximum atomic E-state index is 11.2. The largest absolute Gasteiger partial charge is 1.00 e. The normalized spacial score (nSPS) is 10.0. The summed E-state index contributed by atoms with van der Waals surface area (Å²) < 4.78 is 9.06. The number of hydrogen-bond donors (Lipinski definition) is 0. The average molecular weight is 196 g/mol. The molecule has 0 N–H and O–H groups in total. The standard InChI is InChI=1S/C9H16O4.Li.H/c1-9(2,8(11)13-4)6-5-7(10)12-3;;/h5-6H2,1-4H3;;/q;+1;-1. The van der Waals surface area contributed by atoms with Gasteiger partial charge in [0.15, 0.2) is 0 Å². The Bertz CT molecular complexity index is 206. The summed E-state index contributed by atoms with van der Waals surface area (Å²) >= 11 is 0. The molecule has 0 saturated heterocycles. The first-order chi connectivity index (χ1) is 5.94. The Hall–Kier alpha value is -0.463. The quantitative estimate of drug-likeness (QED) is 0.395. The van der Waals surface area contributed by atoms with Gasteiger partial charge in [0.25, 0.3) is 0 Å². The van der Waals surface area contributed by atoms with E-state index in [1.54, 1.807) is 13.8 Å². The smallest absolute Gasteiger partial charge is 1.00 e. The van der Waals surface area contributed by atoms with Crippen molar-refractivity contribution in [3.63, 3.8) is 0 Å². The van der Waals surface area contributed by atoms with Gasteiger partial charge in [-0.2, -0.15) is 0 Å². The predicted molar refractivity (Wildman–Crippen MR) is 48.2 cm³/mol. The fraction of sp³-hybridized carbons (Fsp3) is 0.778. The Labute approximate surface area is 98.0 Å². The monoisotopic (exact) mass is 196 g/mol. The van der Waals surface area contributed by atoms with Gasteiger partial charge in [0.1, 0.15) is 0 Å². The second-order valence-corrected chi connectivity index (χ2v) is 3.45. The van der Waals surface area contributed by atoms with E-state index in [9.17, 15) is 9.59 Å². The first-order valence-electron chi connectivity index (χ1n) is 4.09. The summed E-state index contributed by atoms with van der Waals surface area (Å²) in [7, 11) is 2.66. The minimum Gasteiger partial charge on any atom is -1.00 e. The number of carbonyl (C=O) groups is 2. The molecular weight excluding hydrogens is 179 g/mol. The van der Waals surface area contributed by atoms with E-state index < -0.39 is 5.41 Å². The van der Waals surface area contributed by atoms with E-state index in [0.29, 0.717) is 6.42 Å². The molecule has 0 heterocycles. The van der Waals surface area contributed by atoms with Crippen molar-refractivity contribution >= 4 is 11.9 Å². The van der Waals surface area contributed by atoms with Crippen LogP contribution in [0.5, 0.6) is 0 Å². The van der Waals surface area contributed by atoms with Gasteiger partial charge in [0.2, 0.25) is 0 Å². The Kier molecular flexibility index (Phi) is 7.89. The number of esters is 2. The summed E-state index contributed by atoms with van der Waals surface area (Å²) in [5.41, 5.74) is -0.622. The molecule has 0 unspecified atom stereocenters. The molecule has 4 nitrogen and oxygen atoms in total. The molecule has 5 heteroatoms. The first-order valence-corrected chi connectivity index (χ1v) is 4.09. The Morgan fingerprint density at radius 3 is 2.07 bits per heavy atom.